The first kappa shape index (κ1) is 17.9. The molecule has 0 radical (unpaired) electrons. The highest BCUT2D eigenvalue weighted by atomic mass is 16.5. The minimum Gasteiger partial charge on any atom is -0.497 e. The van der Waals surface area contributed by atoms with Gasteiger partial charge in [-0.1, -0.05) is 12.8 Å². The van der Waals surface area contributed by atoms with Crippen LogP contribution in [0, 0.1) is 0 Å². The van der Waals surface area contributed by atoms with Crippen molar-refractivity contribution in [1.82, 2.24) is 9.88 Å². The zero-order valence-corrected chi connectivity index (χ0v) is 14.9. The van der Waals surface area contributed by atoms with E-state index in [-0.39, 0.29) is 11.8 Å². The van der Waals surface area contributed by atoms with Crippen molar-refractivity contribution in [2.75, 3.05) is 25.5 Å². The van der Waals surface area contributed by atoms with Crippen molar-refractivity contribution in [3.8, 4) is 5.75 Å². The van der Waals surface area contributed by atoms with Gasteiger partial charge in [0.1, 0.15) is 11.4 Å². The van der Waals surface area contributed by atoms with Gasteiger partial charge in [-0.15, -0.1) is 0 Å². The molecular weight excluding hydrogens is 330 g/mol. The fraction of sp³-hybridized carbons (Fsp3) is 0.350. The first-order valence-corrected chi connectivity index (χ1v) is 8.88. The number of rotatable bonds is 4. The van der Waals surface area contributed by atoms with Gasteiger partial charge in [0.2, 0.25) is 0 Å². The molecule has 136 valence electrons. The van der Waals surface area contributed by atoms with E-state index in [4.69, 9.17) is 4.74 Å². The molecular formula is C20H23N3O3. The molecule has 2 heterocycles. The number of nitrogens with one attached hydrogen (secondary N) is 1. The lowest BCUT2D eigenvalue weighted by molar-refractivity contribution is 0.0755. The van der Waals surface area contributed by atoms with Crippen LogP contribution in [0.4, 0.5) is 5.69 Å². The number of anilines is 1. The molecule has 0 saturated carbocycles. The van der Waals surface area contributed by atoms with Crippen LogP contribution < -0.4 is 10.1 Å². The number of aromatic nitrogens is 1. The van der Waals surface area contributed by atoms with Gasteiger partial charge in [0, 0.05) is 30.5 Å². The Kier molecular flexibility index (Phi) is 5.84. The van der Waals surface area contributed by atoms with Crippen molar-refractivity contribution < 1.29 is 14.3 Å². The molecule has 0 unspecified atom stereocenters. The summed E-state index contributed by atoms with van der Waals surface area (Å²) < 4.78 is 5.10. The number of likely N-dealkylation sites (tertiary alicyclic amines) is 1. The molecule has 6 heteroatoms. The minimum atomic E-state index is -0.275. The Morgan fingerprint density at radius 3 is 2.38 bits per heavy atom. The molecule has 1 aliphatic rings. The average molecular weight is 353 g/mol. The highest BCUT2D eigenvalue weighted by molar-refractivity contribution is 6.05. The van der Waals surface area contributed by atoms with Gasteiger partial charge in [-0.3, -0.25) is 14.6 Å². The molecule has 1 aromatic heterocycles. The van der Waals surface area contributed by atoms with Crippen molar-refractivity contribution in [3.63, 3.8) is 0 Å². The summed E-state index contributed by atoms with van der Waals surface area (Å²) in [6, 6.07) is 10.2. The van der Waals surface area contributed by atoms with E-state index in [0.717, 1.165) is 44.5 Å². The Balaban J connectivity index is 1.71. The van der Waals surface area contributed by atoms with E-state index in [1.807, 2.05) is 4.90 Å². The maximum atomic E-state index is 12.7. The van der Waals surface area contributed by atoms with Crippen molar-refractivity contribution in [2.45, 2.75) is 25.7 Å². The molecule has 1 saturated heterocycles. The molecule has 1 fully saturated rings. The zero-order valence-electron chi connectivity index (χ0n) is 14.9. The first-order valence-electron chi connectivity index (χ1n) is 8.88. The van der Waals surface area contributed by atoms with Crippen molar-refractivity contribution >= 4 is 17.5 Å². The number of carbonyl (C=O) groups is 2. The number of amides is 2. The second-order valence-electron chi connectivity index (χ2n) is 6.32. The molecule has 2 amide bonds. The Bertz CT molecular complexity index is 766. The van der Waals surface area contributed by atoms with Gasteiger partial charge in [0.15, 0.2) is 0 Å². The highest BCUT2D eigenvalue weighted by Crippen LogP contribution is 2.17. The predicted octanol–water partition coefficient (Wildman–Crippen LogP) is 3.36. The van der Waals surface area contributed by atoms with E-state index in [2.05, 4.69) is 10.3 Å². The Hall–Kier alpha value is -2.89. The number of nitrogens with zero attached hydrogens (tertiary/aromatic N) is 2. The van der Waals surface area contributed by atoms with E-state index >= 15 is 0 Å². The van der Waals surface area contributed by atoms with Gasteiger partial charge in [-0.2, -0.15) is 0 Å². The number of hydrogen-bond acceptors (Lipinski definition) is 4. The molecule has 1 N–H and O–H groups in total. The third kappa shape index (κ3) is 4.39. The van der Waals surface area contributed by atoms with E-state index in [9.17, 15) is 9.59 Å². The molecule has 3 rings (SSSR count). The normalized spacial score (nSPS) is 14.4. The number of benzene rings is 1. The third-order valence-electron chi connectivity index (χ3n) is 4.48. The fourth-order valence-corrected chi connectivity index (χ4v) is 3.00. The topological polar surface area (TPSA) is 71.5 Å². The number of carbonyl (C=O) groups excluding carboxylic acids is 2. The van der Waals surface area contributed by atoms with Crippen LogP contribution in [0.5, 0.6) is 5.75 Å². The van der Waals surface area contributed by atoms with Gasteiger partial charge in [0.05, 0.1) is 7.11 Å². The van der Waals surface area contributed by atoms with Gasteiger partial charge in [-0.05, 0) is 49.2 Å². The number of pyridine rings is 1. The van der Waals surface area contributed by atoms with Crippen molar-refractivity contribution in [2.24, 2.45) is 0 Å². The monoisotopic (exact) mass is 353 g/mol. The molecule has 2 aromatic rings. The maximum Gasteiger partial charge on any atom is 0.272 e. The lowest BCUT2D eigenvalue weighted by atomic mass is 10.2. The summed E-state index contributed by atoms with van der Waals surface area (Å²) in [4.78, 5) is 31.2. The summed E-state index contributed by atoms with van der Waals surface area (Å²) in [6.07, 6.45) is 5.85. The van der Waals surface area contributed by atoms with E-state index in [1.165, 1.54) is 6.20 Å². The molecule has 0 bridgehead atoms. The molecule has 0 atom stereocenters. The Morgan fingerprint density at radius 2 is 1.73 bits per heavy atom. The average Bonchev–Trinajstić information content (AvgIpc) is 2.97. The van der Waals surface area contributed by atoms with Crippen LogP contribution >= 0.6 is 0 Å². The van der Waals surface area contributed by atoms with Gasteiger partial charge < -0.3 is 15.0 Å². The van der Waals surface area contributed by atoms with Crippen LogP contribution in [0.25, 0.3) is 0 Å². The number of methoxy groups -OCH3 is 1. The largest absolute Gasteiger partial charge is 0.497 e. The Morgan fingerprint density at radius 1 is 1.04 bits per heavy atom. The molecule has 1 aromatic carbocycles. The Labute approximate surface area is 153 Å². The molecule has 1 aliphatic heterocycles. The third-order valence-corrected chi connectivity index (χ3v) is 4.48. The number of hydrogen-bond donors (Lipinski definition) is 1. The quantitative estimate of drug-likeness (QED) is 0.915. The summed E-state index contributed by atoms with van der Waals surface area (Å²) in [5.74, 6) is 0.339. The summed E-state index contributed by atoms with van der Waals surface area (Å²) >= 11 is 0. The van der Waals surface area contributed by atoms with Crippen LogP contribution in [0.2, 0.25) is 0 Å². The van der Waals surface area contributed by atoms with Crippen LogP contribution in [0.1, 0.15) is 46.5 Å². The zero-order chi connectivity index (χ0) is 18.4. The molecule has 0 aliphatic carbocycles. The second kappa shape index (κ2) is 8.47. The van der Waals surface area contributed by atoms with Crippen molar-refractivity contribution in [1.29, 1.82) is 0 Å². The molecule has 0 spiro atoms. The SMILES string of the molecule is COc1ccc(NC(=O)c2ccnc(C(=O)N3CCCCCC3)c2)cc1. The smallest absolute Gasteiger partial charge is 0.272 e. The standard InChI is InChI=1S/C20H23N3O3/c1-26-17-8-6-16(7-9-17)22-19(24)15-10-11-21-18(14-15)20(25)23-12-4-2-3-5-13-23/h6-11,14H,2-5,12-13H2,1H3,(H,22,24). The lowest BCUT2D eigenvalue weighted by Crippen LogP contribution is -2.32. The minimum absolute atomic E-state index is 0.106. The predicted molar refractivity (Wildman–Crippen MR) is 99.6 cm³/mol. The first-order chi connectivity index (χ1) is 12.7. The fourth-order valence-electron chi connectivity index (χ4n) is 3.00. The lowest BCUT2D eigenvalue weighted by Gasteiger charge is -2.19. The van der Waals surface area contributed by atoms with Gasteiger partial charge in [-0.25, -0.2) is 0 Å². The second-order valence-corrected chi connectivity index (χ2v) is 6.32. The number of ether oxygens (including phenoxy) is 1. The van der Waals surface area contributed by atoms with Crippen LogP contribution in [-0.2, 0) is 0 Å². The van der Waals surface area contributed by atoms with Gasteiger partial charge in [0.25, 0.3) is 11.8 Å². The summed E-state index contributed by atoms with van der Waals surface area (Å²) in [5.41, 5.74) is 1.39. The van der Waals surface area contributed by atoms with Gasteiger partial charge >= 0.3 is 0 Å². The van der Waals surface area contributed by atoms with E-state index in [0.29, 0.717) is 16.9 Å². The van der Waals surface area contributed by atoms with E-state index < -0.39 is 0 Å². The highest BCUT2D eigenvalue weighted by Gasteiger charge is 2.19. The van der Waals surface area contributed by atoms with E-state index in [1.54, 1.807) is 43.5 Å². The van der Waals surface area contributed by atoms with Crippen LogP contribution in [0.15, 0.2) is 42.6 Å². The summed E-state index contributed by atoms with van der Waals surface area (Å²) in [6.45, 7) is 1.51. The van der Waals surface area contributed by atoms with Crippen LogP contribution in [0.3, 0.4) is 0 Å². The molecule has 6 nitrogen and oxygen atoms in total. The summed E-state index contributed by atoms with van der Waals surface area (Å²) in [5, 5.41) is 2.82. The molecule has 26 heavy (non-hydrogen) atoms. The van der Waals surface area contributed by atoms with Crippen LogP contribution in [-0.4, -0.2) is 41.9 Å². The summed E-state index contributed by atoms with van der Waals surface area (Å²) in [7, 11) is 1.59. The maximum absolute atomic E-state index is 12.7. The van der Waals surface area contributed by atoms with Crippen molar-refractivity contribution in [3.05, 3.63) is 53.9 Å².